The average Bonchev–Trinajstić information content (AvgIpc) is 2.63. The van der Waals surface area contributed by atoms with Gasteiger partial charge in [0.05, 0.1) is 11.2 Å². The minimum Gasteiger partial charge on any atom is -0.397 e. The molecular weight excluding hydrogens is 202 g/mol. The van der Waals surface area contributed by atoms with Gasteiger partial charge in [0, 0.05) is 18.1 Å². The molecular formula is C12H15N3O. The number of para-hydroxylation sites is 1. The number of fused-ring (bicyclic) bond motifs is 1. The highest BCUT2D eigenvalue weighted by atomic mass is 16.1. The second kappa shape index (κ2) is 4.26. The number of carbonyl (C=O) groups is 1. The fourth-order valence-electron chi connectivity index (χ4n) is 1.83. The van der Waals surface area contributed by atoms with E-state index in [2.05, 4.69) is 5.32 Å². The topological polar surface area (TPSA) is 60.0 Å². The quantitative estimate of drug-likeness (QED) is 0.763. The van der Waals surface area contributed by atoms with Gasteiger partial charge in [-0.25, -0.2) is 0 Å². The summed E-state index contributed by atoms with van der Waals surface area (Å²) in [5.74, 6) is 0.00301. The van der Waals surface area contributed by atoms with E-state index >= 15 is 0 Å². The Kier molecular flexibility index (Phi) is 2.81. The van der Waals surface area contributed by atoms with Crippen molar-refractivity contribution in [3.63, 3.8) is 0 Å². The molecule has 4 heteroatoms. The van der Waals surface area contributed by atoms with Gasteiger partial charge in [0.25, 0.3) is 0 Å². The van der Waals surface area contributed by atoms with Crippen LogP contribution in [0.5, 0.6) is 0 Å². The summed E-state index contributed by atoms with van der Waals surface area (Å²) in [5.41, 5.74) is 7.52. The first-order valence-electron chi connectivity index (χ1n) is 5.32. The summed E-state index contributed by atoms with van der Waals surface area (Å²) in [6.07, 6.45) is 1.89. The van der Waals surface area contributed by atoms with Crippen LogP contribution in [0.2, 0.25) is 0 Å². The Morgan fingerprint density at radius 1 is 1.44 bits per heavy atom. The summed E-state index contributed by atoms with van der Waals surface area (Å²) in [6, 6.07) is 7.70. The number of nitrogens with two attached hydrogens (primary N) is 1. The third kappa shape index (κ3) is 1.86. The number of benzene rings is 1. The maximum Gasteiger partial charge on any atom is 0.239 e. The Balaban J connectivity index is 2.34. The van der Waals surface area contributed by atoms with E-state index in [1.807, 2.05) is 42.0 Å². The summed E-state index contributed by atoms with van der Waals surface area (Å²) in [7, 11) is 0. The first-order chi connectivity index (χ1) is 7.72. The van der Waals surface area contributed by atoms with Crippen molar-refractivity contribution in [3.8, 4) is 0 Å². The molecule has 84 valence electrons. The molecule has 0 fully saturated rings. The number of anilines is 1. The zero-order valence-electron chi connectivity index (χ0n) is 9.23. The highest BCUT2D eigenvalue weighted by Gasteiger charge is 2.07. The van der Waals surface area contributed by atoms with Crippen LogP contribution in [-0.4, -0.2) is 17.0 Å². The van der Waals surface area contributed by atoms with Gasteiger partial charge in [0.1, 0.15) is 6.54 Å². The van der Waals surface area contributed by atoms with E-state index in [1.165, 1.54) is 0 Å². The Hall–Kier alpha value is -1.97. The lowest BCUT2D eigenvalue weighted by Gasteiger charge is -2.07. The van der Waals surface area contributed by atoms with Gasteiger partial charge in [-0.3, -0.25) is 4.79 Å². The number of hydrogen-bond acceptors (Lipinski definition) is 2. The molecule has 0 aliphatic heterocycles. The molecule has 2 rings (SSSR count). The Bertz CT molecular complexity index is 516. The highest BCUT2D eigenvalue weighted by Crippen LogP contribution is 2.21. The highest BCUT2D eigenvalue weighted by molar-refractivity contribution is 5.91. The minimum absolute atomic E-state index is 0.00301. The molecule has 0 atom stereocenters. The Morgan fingerprint density at radius 2 is 2.25 bits per heavy atom. The molecule has 1 amide bonds. The normalized spacial score (nSPS) is 10.6. The van der Waals surface area contributed by atoms with Crippen molar-refractivity contribution in [2.24, 2.45) is 0 Å². The first kappa shape index (κ1) is 10.5. The van der Waals surface area contributed by atoms with Crippen molar-refractivity contribution < 1.29 is 4.79 Å². The van der Waals surface area contributed by atoms with Crippen LogP contribution >= 0.6 is 0 Å². The molecule has 16 heavy (non-hydrogen) atoms. The van der Waals surface area contributed by atoms with E-state index in [-0.39, 0.29) is 5.91 Å². The number of nitrogens with zero attached hydrogens (tertiary/aromatic N) is 1. The molecule has 0 aliphatic rings. The van der Waals surface area contributed by atoms with Crippen LogP contribution in [0.15, 0.2) is 30.5 Å². The van der Waals surface area contributed by atoms with E-state index < -0.39 is 0 Å². The molecule has 1 aromatic carbocycles. The molecule has 0 radical (unpaired) electrons. The predicted molar refractivity (Wildman–Crippen MR) is 65.0 cm³/mol. The van der Waals surface area contributed by atoms with Crippen LogP contribution < -0.4 is 11.1 Å². The standard InChI is InChI=1S/C12H15N3O/c1-2-14-11(16)8-15-7-6-9-4-3-5-10(13)12(9)15/h3-7H,2,8,13H2,1H3,(H,14,16). The fraction of sp³-hybridized carbons (Fsp3) is 0.250. The number of likely N-dealkylation sites (N-methyl/N-ethyl adjacent to an activating group) is 1. The molecule has 0 saturated carbocycles. The molecule has 1 aromatic heterocycles. The second-order valence-electron chi connectivity index (χ2n) is 3.68. The van der Waals surface area contributed by atoms with Crippen molar-refractivity contribution >= 4 is 22.5 Å². The number of aromatic nitrogens is 1. The SMILES string of the molecule is CCNC(=O)Cn1ccc2cccc(N)c21. The summed E-state index contributed by atoms with van der Waals surface area (Å²) >= 11 is 0. The van der Waals surface area contributed by atoms with Crippen LogP contribution in [0, 0.1) is 0 Å². The Labute approximate surface area is 94.0 Å². The van der Waals surface area contributed by atoms with Crippen molar-refractivity contribution in [1.82, 2.24) is 9.88 Å². The molecule has 0 spiro atoms. The van der Waals surface area contributed by atoms with Gasteiger partial charge in [-0.15, -0.1) is 0 Å². The van der Waals surface area contributed by atoms with Crippen molar-refractivity contribution in [2.75, 3.05) is 12.3 Å². The number of amides is 1. The van der Waals surface area contributed by atoms with E-state index in [1.54, 1.807) is 0 Å². The van der Waals surface area contributed by atoms with Gasteiger partial charge < -0.3 is 15.6 Å². The molecule has 0 unspecified atom stereocenters. The van der Waals surface area contributed by atoms with E-state index in [9.17, 15) is 4.79 Å². The molecule has 2 aromatic rings. The van der Waals surface area contributed by atoms with Crippen LogP contribution in [0.3, 0.4) is 0 Å². The molecule has 0 saturated heterocycles. The summed E-state index contributed by atoms with van der Waals surface area (Å²) in [4.78, 5) is 11.5. The summed E-state index contributed by atoms with van der Waals surface area (Å²) < 4.78 is 1.87. The van der Waals surface area contributed by atoms with Gasteiger partial charge in [0.2, 0.25) is 5.91 Å². The van der Waals surface area contributed by atoms with Gasteiger partial charge in [-0.2, -0.15) is 0 Å². The van der Waals surface area contributed by atoms with Gasteiger partial charge in [0.15, 0.2) is 0 Å². The predicted octanol–water partition coefficient (Wildman–Crippen LogP) is 1.36. The van der Waals surface area contributed by atoms with Crippen LogP contribution in [-0.2, 0) is 11.3 Å². The monoisotopic (exact) mass is 217 g/mol. The lowest BCUT2D eigenvalue weighted by atomic mass is 10.2. The molecule has 4 nitrogen and oxygen atoms in total. The van der Waals surface area contributed by atoms with Crippen LogP contribution in [0.25, 0.3) is 10.9 Å². The van der Waals surface area contributed by atoms with E-state index in [4.69, 9.17) is 5.73 Å². The zero-order valence-corrected chi connectivity index (χ0v) is 9.23. The van der Waals surface area contributed by atoms with E-state index in [0.29, 0.717) is 18.8 Å². The minimum atomic E-state index is 0.00301. The van der Waals surface area contributed by atoms with Gasteiger partial charge in [-0.05, 0) is 19.1 Å². The van der Waals surface area contributed by atoms with Crippen molar-refractivity contribution in [1.29, 1.82) is 0 Å². The van der Waals surface area contributed by atoms with Gasteiger partial charge in [-0.1, -0.05) is 12.1 Å². The third-order valence-electron chi connectivity index (χ3n) is 2.51. The van der Waals surface area contributed by atoms with Crippen LogP contribution in [0.1, 0.15) is 6.92 Å². The number of hydrogen-bond donors (Lipinski definition) is 2. The van der Waals surface area contributed by atoms with Crippen LogP contribution in [0.4, 0.5) is 5.69 Å². The molecule has 0 bridgehead atoms. The average molecular weight is 217 g/mol. The van der Waals surface area contributed by atoms with E-state index in [0.717, 1.165) is 10.9 Å². The number of nitrogen functional groups attached to an aromatic ring is 1. The van der Waals surface area contributed by atoms with Gasteiger partial charge >= 0.3 is 0 Å². The number of rotatable bonds is 3. The largest absolute Gasteiger partial charge is 0.397 e. The lowest BCUT2D eigenvalue weighted by molar-refractivity contribution is -0.121. The molecule has 3 N–H and O–H groups in total. The molecule has 0 aliphatic carbocycles. The summed E-state index contributed by atoms with van der Waals surface area (Å²) in [5, 5.41) is 3.83. The lowest BCUT2D eigenvalue weighted by Crippen LogP contribution is -2.26. The maximum absolute atomic E-state index is 11.5. The first-order valence-corrected chi connectivity index (χ1v) is 5.32. The third-order valence-corrected chi connectivity index (χ3v) is 2.51. The molecule has 1 heterocycles. The summed E-state index contributed by atoms with van der Waals surface area (Å²) in [6.45, 7) is 2.86. The second-order valence-corrected chi connectivity index (χ2v) is 3.68. The smallest absolute Gasteiger partial charge is 0.239 e. The Morgan fingerprint density at radius 3 is 3.00 bits per heavy atom. The zero-order chi connectivity index (χ0) is 11.5. The fourth-order valence-corrected chi connectivity index (χ4v) is 1.83. The number of carbonyl (C=O) groups excluding carboxylic acids is 1. The number of nitrogens with one attached hydrogen (secondary N) is 1. The maximum atomic E-state index is 11.5. The van der Waals surface area contributed by atoms with Crippen molar-refractivity contribution in [2.45, 2.75) is 13.5 Å². The van der Waals surface area contributed by atoms with Crippen molar-refractivity contribution in [3.05, 3.63) is 30.5 Å².